The Labute approximate surface area is 86.8 Å². The molecule has 1 aliphatic heterocycles. The minimum Gasteiger partial charge on any atom is -0.486 e. The number of ether oxygens (including phenoxy) is 2. The number of rotatable bonds is 3. The number of hydrogen-bond acceptors (Lipinski definition) is 4. The molecule has 0 spiro atoms. The summed E-state index contributed by atoms with van der Waals surface area (Å²) in [7, 11) is 0. The van der Waals surface area contributed by atoms with Gasteiger partial charge in [0.25, 0.3) is 0 Å². The number of cyclic esters (lactones) is 1. The maximum atomic E-state index is 11.1. The zero-order chi connectivity index (χ0) is 10.8. The van der Waals surface area contributed by atoms with Crippen molar-refractivity contribution in [2.75, 3.05) is 6.61 Å². The first-order chi connectivity index (χ1) is 7.16. The molecule has 1 heterocycles. The highest BCUT2D eigenvalue weighted by Gasteiger charge is 2.21. The monoisotopic (exact) mass is 206 g/mol. The third-order valence-electron chi connectivity index (χ3n) is 2.10. The molecule has 0 amide bonds. The van der Waals surface area contributed by atoms with Gasteiger partial charge >= 0.3 is 5.97 Å². The summed E-state index contributed by atoms with van der Waals surface area (Å²) < 4.78 is 10.1. The Morgan fingerprint density at radius 1 is 1.53 bits per heavy atom. The van der Waals surface area contributed by atoms with Crippen LogP contribution in [-0.2, 0) is 16.1 Å². The van der Waals surface area contributed by atoms with Gasteiger partial charge in [-0.05, 0) is 25.1 Å². The largest absolute Gasteiger partial charge is 0.486 e. The topological polar surface area (TPSA) is 52.6 Å². The maximum Gasteiger partial charge on any atom is 0.338 e. The van der Waals surface area contributed by atoms with E-state index in [2.05, 4.69) is 0 Å². The van der Waals surface area contributed by atoms with E-state index in [0.717, 1.165) is 5.56 Å². The van der Waals surface area contributed by atoms with Gasteiger partial charge in [0, 0.05) is 5.56 Å². The maximum absolute atomic E-state index is 11.1. The van der Waals surface area contributed by atoms with E-state index in [-0.39, 0.29) is 25.0 Å². The Hall–Kier alpha value is -1.84. The van der Waals surface area contributed by atoms with Crippen LogP contribution in [0.5, 0.6) is 5.75 Å². The van der Waals surface area contributed by atoms with Gasteiger partial charge in [0.2, 0.25) is 0 Å². The van der Waals surface area contributed by atoms with E-state index in [4.69, 9.17) is 9.47 Å². The minimum absolute atomic E-state index is 0.0391. The van der Waals surface area contributed by atoms with E-state index in [9.17, 15) is 9.59 Å². The highest BCUT2D eigenvalue weighted by atomic mass is 16.5. The van der Waals surface area contributed by atoms with Crippen molar-refractivity contribution in [3.05, 3.63) is 29.3 Å². The molecule has 0 bridgehead atoms. The van der Waals surface area contributed by atoms with E-state index in [1.54, 1.807) is 18.2 Å². The van der Waals surface area contributed by atoms with Crippen LogP contribution in [0.15, 0.2) is 18.2 Å². The summed E-state index contributed by atoms with van der Waals surface area (Å²) in [6.07, 6.45) is 0. The Morgan fingerprint density at radius 3 is 3.07 bits per heavy atom. The van der Waals surface area contributed by atoms with Crippen LogP contribution >= 0.6 is 0 Å². The third kappa shape index (κ3) is 1.98. The molecule has 0 N–H and O–H groups in total. The van der Waals surface area contributed by atoms with Gasteiger partial charge in [-0.15, -0.1) is 0 Å². The van der Waals surface area contributed by atoms with Gasteiger partial charge in [0.1, 0.15) is 19.0 Å². The summed E-state index contributed by atoms with van der Waals surface area (Å²) in [6, 6.07) is 5.04. The Kier molecular flexibility index (Phi) is 2.41. The molecule has 78 valence electrons. The van der Waals surface area contributed by atoms with E-state index >= 15 is 0 Å². The summed E-state index contributed by atoms with van der Waals surface area (Å²) in [5, 5.41) is 0. The van der Waals surface area contributed by atoms with Gasteiger partial charge in [-0.2, -0.15) is 0 Å². The summed E-state index contributed by atoms with van der Waals surface area (Å²) in [4.78, 5) is 21.8. The van der Waals surface area contributed by atoms with Gasteiger partial charge in [-0.25, -0.2) is 4.79 Å². The molecule has 0 aliphatic carbocycles. The fourth-order valence-corrected chi connectivity index (χ4v) is 1.38. The van der Waals surface area contributed by atoms with Crippen LogP contribution in [0.25, 0.3) is 0 Å². The molecule has 2 rings (SSSR count). The molecule has 1 aliphatic rings. The first kappa shape index (κ1) is 9.71. The van der Waals surface area contributed by atoms with E-state index in [0.29, 0.717) is 11.3 Å². The average Bonchev–Trinajstić information content (AvgIpc) is 2.57. The average molecular weight is 206 g/mol. The Morgan fingerprint density at radius 2 is 2.33 bits per heavy atom. The molecular weight excluding hydrogens is 196 g/mol. The summed E-state index contributed by atoms with van der Waals surface area (Å²) in [5.41, 5.74) is 1.38. The number of carbonyl (C=O) groups excluding carboxylic acids is 2. The van der Waals surface area contributed by atoms with Crippen LogP contribution in [0.3, 0.4) is 0 Å². The van der Waals surface area contributed by atoms with Gasteiger partial charge < -0.3 is 9.47 Å². The predicted octanol–water partition coefficient (Wildman–Crippen LogP) is 1.32. The summed E-state index contributed by atoms with van der Waals surface area (Å²) in [5.74, 6) is 0.244. The van der Waals surface area contributed by atoms with Crippen LogP contribution < -0.4 is 4.74 Å². The molecule has 0 saturated carbocycles. The molecule has 15 heavy (non-hydrogen) atoms. The SMILES string of the molecule is CC(=O)COc1ccc2c(c1)COC2=O. The zero-order valence-electron chi connectivity index (χ0n) is 8.28. The fraction of sp³-hybridized carbons (Fsp3) is 0.273. The van der Waals surface area contributed by atoms with Crippen LogP contribution in [0.2, 0.25) is 0 Å². The van der Waals surface area contributed by atoms with Crippen molar-refractivity contribution in [1.82, 2.24) is 0 Å². The lowest BCUT2D eigenvalue weighted by Gasteiger charge is -2.04. The first-order valence-corrected chi connectivity index (χ1v) is 4.59. The zero-order valence-corrected chi connectivity index (χ0v) is 8.28. The second kappa shape index (κ2) is 3.73. The molecule has 4 heteroatoms. The molecule has 0 radical (unpaired) electrons. The van der Waals surface area contributed by atoms with E-state index < -0.39 is 0 Å². The number of hydrogen-bond donors (Lipinski definition) is 0. The number of Topliss-reactive ketones (excluding diaryl/α,β-unsaturated/α-hetero) is 1. The van der Waals surface area contributed by atoms with Crippen molar-refractivity contribution in [3.8, 4) is 5.75 Å². The molecular formula is C11H10O4. The lowest BCUT2D eigenvalue weighted by atomic mass is 10.1. The fourth-order valence-electron chi connectivity index (χ4n) is 1.38. The number of ketones is 1. The summed E-state index contributed by atoms with van der Waals surface area (Å²) >= 11 is 0. The van der Waals surface area contributed by atoms with E-state index in [1.165, 1.54) is 6.92 Å². The molecule has 0 atom stereocenters. The number of benzene rings is 1. The number of carbonyl (C=O) groups is 2. The third-order valence-corrected chi connectivity index (χ3v) is 2.10. The number of esters is 1. The minimum atomic E-state index is -0.303. The van der Waals surface area contributed by atoms with Crippen LogP contribution in [0.4, 0.5) is 0 Å². The van der Waals surface area contributed by atoms with Crippen molar-refractivity contribution < 1.29 is 19.1 Å². The lowest BCUT2D eigenvalue weighted by molar-refractivity contribution is -0.118. The first-order valence-electron chi connectivity index (χ1n) is 4.59. The highest BCUT2D eigenvalue weighted by molar-refractivity contribution is 5.93. The van der Waals surface area contributed by atoms with Crippen LogP contribution in [-0.4, -0.2) is 18.4 Å². The van der Waals surface area contributed by atoms with Crippen molar-refractivity contribution in [1.29, 1.82) is 0 Å². The van der Waals surface area contributed by atoms with Crippen LogP contribution in [0, 0.1) is 0 Å². The van der Waals surface area contributed by atoms with Crippen molar-refractivity contribution >= 4 is 11.8 Å². The Balaban J connectivity index is 2.16. The quantitative estimate of drug-likeness (QED) is 0.700. The molecule has 0 aromatic heterocycles. The standard InChI is InChI=1S/C11H10O4/c1-7(12)5-14-9-2-3-10-8(4-9)6-15-11(10)13/h2-4H,5-6H2,1H3. The van der Waals surface area contributed by atoms with Gasteiger partial charge in [-0.1, -0.05) is 0 Å². The van der Waals surface area contributed by atoms with Crippen molar-refractivity contribution in [2.24, 2.45) is 0 Å². The number of fused-ring (bicyclic) bond motifs is 1. The molecule has 0 fully saturated rings. The second-order valence-electron chi connectivity index (χ2n) is 3.39. The van der Waals surface area contributed by atoms with Crippen molar-refractivity contribution in [2.45, 2.75) is 13.5 Å². The summed E-state index contributed by atoms with van der Waals surface area (Å²) in [6.45, 7) is 1.79. The van der Waals surface area contributed by atoms with E-state index in [1.807, 2.05) is 0 Å². The molecule has 4 nitrogen and oxygen atoms in total. The Bertz CT molecular complexity index is 423. The van der Waals surface area contributed by atoms with Gasteiger partial charge in [0.15, 0.2) is 5.78 Å². The van der Waals surface area contributed by atoms with Crippen molar-refractivity contribution in [3.63, 3.8) is 0 Å². The molecule has 1 aromatic rings. The predicted molar refractivity (Wildman–Crippen MR) is 51.7 cm³/mol. The van der Waals surface area contributed by atoms with Gasteiger partial charge in [0.05, 0.1) is 5.56 Å². The molecule has 0 saturated heterocycles. The molecule has 1 aromatic carbocycles. The highest BCUT2D eigenvalue weighted by Crippen LogP contribution is 2.24. The molecule has 0 unspecified atom stereocenters. The second-order valence-corrected chi connectivity index (χ2v) is 3.39. The van der Waals surface area contributed by atoms with Gasteiger partial charge in [-0.3, -0.25) is 4.79 Å². The lowest BCUT2D eigenvalue weighted by Crippen LogP contribution is -2.06. The van der Waals surface area contributed by atoms with Crippen LogP contribution in [0.1, 0.15) is 22.8 Å². The smallest absolute Gasteiger partial charge is 0.338 e. The normalized spacial score (nSPS) is 13.3.